The first-order valence-electron chi connectivity index (χ1n) is 10.1. The lowest BCUT2D eigenvalue weighted by Crippen LogP contribution is -2.09. The molecule has 4 rings (SSSR count). The number of carbonyl (C=O) groups is 1. The van der Waals surface area contributed by atoms with Crippen LogP contribution in [-0.2, 0) is 0 Å². The highest BCUT2D eigenvalue weighted by Crippen LogP contribution is 2.31. The van der Waals surface area contributed by atoms with Crippen molar-refractivity contribution < 1.29 is 19.7 Å². The molecule has 158 valence electrons. The van der Waals surface area contributed by atoms with Gasteiger partial charge in [0, 0.05) is 0 Å². The van der Waals surface area contributed by atoms with Crippen molar-refractivity contribution in [3.05, 3.63) is 88.7 Å². The number of nitrogens with zero attached hydrogens (tertiary/aromatic N) is 2. The molecular formula is C25H24N2O4. The van der Waals surface area contributed by atoms with Crippen LogP contribution >= 0.6 is 0 Å². The Morgan fingerprint density at radius 2 is 1.81 bits per heavy atom. The Morgan fingerprint density at radius 3 is 2.48 bits per heavy atom. The number of imidazole rings is 1. The summed E-state index contributed by atoms with van der Waals surface area (Å²) in [5.74, 6) is -0.451. The number of aryl methyl sites for hydroxylation is 2. The van der Waals surface area contributed by atoms with E-state index in [1.54, 1.807) is 24.4 Å². The smallest absolute Gasteiger partial charge is 0.336 e. The van der Waals surface area contributed by atoms with E-state index in [-0.39, 0.29) is 5.56 Å². The Morgan fingerprint density at radius 1 is 1.10 bits per heavy atom. The van der Waals surface area contributed by atoms with Gasteiger partial charge in [-0.3, -0.25) is 4.40 Å². The SMILES string of the molecule is CCOc1cn2c(C(O)c3ccc(-c4ccccc4C(=O)O)cc3)c(C)cc(C)c2n1. The Bertz CT molecular complexity index is 1260. The number of ether oxygens (including phenoxy) is 1. The van der Waals surface area contributed by atoms with Gasteiger partial charge in [0.2, 0.25) is 5.88 Å². The van der Waals surface area contributed by atoms with Crippen LogP contribution in [0.3, 0.4) is 0 Å². The molecule has 0 spiro atoms. The Hall–Kier alpha value is -3.64. The second-order valence-corrected chi connectivity index (χ2v) is 7.48. The van der Waals surface area contributed by atoms with Crippen LogP contribution in [0.2, 0.25) is 0 Å². The molecule has 1 unspecified atom stereocenters. The lowest BCUT2D eigenvalue weighted by atomic mass is 9.96. The minimum atomic E-state index is -0.970. The molecule has 0 radical (unpaired) electrons. The van der Waals surface area contributed by atoms with E-state index in [0.717, 1.165) is 28.0 Å². The molecule has 2 N–H and O–H groups in total. The maximum absolute atomic E-state index is 11.5. The van der Waals surface area contributed by atoms with Crippen LogP contribution < -0.4 is 4.74 Å². The predicted octanol–water partition coefficient (Wildman–Crippen LogP) is 4.80. The highest BCUT2D eigenvalue weighted by molar-refractivity contribution is 5.96. The molecule has 6 heteroatoms. The molecule has 1 atom stereocenters. The average Bonchev–Trinajstić information content (AvgIpc) is 3.18. The zero-order valence-electron chi connectivity index (χ0n) is 17.7. The second kappa shape index (κ2) is 8.24. The van der Waals surface area contributed by atoms with Gasteiger partial charge in [-0.2, -0.15) is 4.98 Å². The van der Waals surface area contributed by atoms with Crippen LogP contribution in [0.5, 0.6) is 5.88 Å². The zero-order valence-corrected chi connectivity index (χ0v) is 17.7. The number of aromatic carboxylic acids is 1. The number of carboxylic acids is 1. The number of aromatic nitrogens is 2. The lowest BCUT2D eigenvalue weighted by molar-refractivity contribution is 0.0697. The predicted molar refractivity (Wildman–Crippen MR) is 119 cm³/mol. The summed E-state index contributed by atoms with van der Waals surface area (Å²) in [4.78, 5) is 16.1. The minimum absolute atomic E-state index is 0.244. The van der Waals surface area contributed by atoms with Gasteiger partial charge in [-0.15, -0.1) is 0 Å². The summed E-state index contributed by atoms with van der Waals surface area (Å²) in [6.45, 7) is 6.36. The molecule has 0 saturated carbocycles. The van der Waals surface area contributed by atoms with Crippen LogP contribution in [0.25, 0.3) is 16.8 Å². The van der Waals surface area contributed by atoms with Gasteiger partial charge < -0.3 is 14.9 Å². The quantitative estimate of drug-likeness (QED) is 0.472. The number of aliphatic hydroxyl groups is 1. The van der Waals surface area contributed by atoms with E-state index < -0.39 is 12.1 Å². The fraction of sp³-hybridized carbons (Fsp3) is 0.200. The van der Waals surface area contributed by atoms with Gasteiger partial charge >= 0.3 is 5.97 Å². The van der Waals surface area contributed by atoms with E-state index >= 15 is 0 Å². The molecular weight excluding hydrogens is 392 g/mol. The molecule has 31 heavy (non-hydrogen) atoms. The van der Waals surface area contributed by atoms with Crippen LogP contribution in [0.4, 0.5) is 0 Å². The summed E-state index contributed by atoms with van der Waals surface area (Å²) in [5.41, 5.74) is 5.78. The molecule has 6 nitrogen and oxygen atoms in total. The van der Waals surface area contributed by atoms with Crippen LogP contribution in [0.1, 0.15) is 45.8 Å². The van der Waals surface area contributed by atoms with Crippen LogP contribution in [0.15, 0.2) is 60.8 Å². The van der Waals surface area contributed by atoms with Crippen molar-refractivity contribution in [2.45, 2.75) is 26.9 Å². The van der Waals surface area contributed by atoms with E-state index in [2.05, 4.69) is 4.98 Å². The number of benzene rings is 2. The second-order valence-electron chi connectivity index (χ2n) is 7.48. The molecule has 0 aliphatic rings. The largest absolute Gasteiger partial charge is 0.478 e. The first-order chi connectivity index (χ1) is 14.9. The molecule has 0 bridgehead atoms. The molecule has 0 amide bonds. The van der Waals surface area contributed by atoms with Gasteiger partial charge in [0.1, 0.15) is 11.8 Å². The lowest BCUT2D eigenvalue weighted by Gasteiger charge is -2.18. The summed E-state index contributed by atoms with van der Waals surface area (Å²) >= 11 is 0. The van der Waals surface area contributed by atoms with Gasteiger partial charge in [0.15, 0.2) is 0 Å². The zero-order chi connectivity index (χ0) is 22.1. The Balaban J connectivity index is 1.75. The summed E-state index contributed by atoms with van der Waals surface area (Å²) in [7, 11) is 0. The number of pyridine rings is 1. The van der Waals surface area contributed by atoms with Gasteiger partial charge in [-0.25, -0.2) is 4.79 Å². The number of hydrogen-bond acceptors (Lipinski definition) is 4. The van der Waals surface area contributed by atoms with Crippen LogP contribution in [0, 0.1) is 13.8 Å². The summed E-state index contributed by atoms with van der Waals surface area (Å²) in [6.07, 6.45) is 0.921. The molecule has 0 aliphatic heterocycles. The monoisotopic (exact) mass is 416 g/mol. The molecule has 2 heterocycles. The van der Waals surface area contributed by atoms with Crippen molar-refractivity contribution >= 4 is 11.6 Å². The highest BCUT2D eigenvalue weighted by Gasteiger charge is 2.20. The summed E-state index contributed by atoms with van der Waals surface area (Å²) in [6, 6.07) is 16.2. The third-order valence-electron chi connectivity index (χ3n) is 5.38. The fourth-order valence-electron chi connectivity index (χ4n) is 3.96. The average molecular weight is 416 g/mol. The van der Waals surface area contributed by atoms with Gasteiger partial charge in [-0.05, 0) is 54.7 Å². The van der Waals surface area contributed by atoms with Crippen molar-refractivity contribution in [1.29, 1.82) is 0 Å². The third kappa shape index (κ3) is 3.78. The molecule has 2 aromatic heterocycles. The maximum atomic E-state index is 11.5. The highest BCUT2D eigenvalue weighted by atomic mass is 16.5. The van der Waals surface area contributed by atoms with Gasteiger partial charge in [0.05, 0.1) is 24.1 Å². The van der Waals surface area contributed by atoms with Crippen molar-refractivity contribution in [3.63, 3.8) is 0 Å². The fourth-order valence-corrected chi connectivity index (χ4v) is 3.96. The Kier molecular flexibility index (Phi) is 5.48. The Labute approximate surface area is 180 Å². The standard InChI is InChI=1S/C25H24N2O4/c1-4-31-21-14-27-22(15(2)13-16(3)24(27)26-21)23(28)18-11-9-17(10-12-18)19-7-5-6-8-20(19)25(29)30/h5-14,23,28H,4H2,1-3H3,(H,29,30). The topological polar surface area (TPSA) is 84.1 Å². The number of aliphatic hydroxyl groups excluding tert-OH is 1. The van der Waals surface area contributed by atoms with E-state index in [1.807, 2.05) is 61.6 Å². The van der Waals surface area contributed by atoms with Crippen molar-refractivity contribution in [2.24, 2.45) is 0 Å². The normalized spacial score (nSPS) is 12.1. The number of rotatable bonds is 6. The van der Waals surface area contributed by atoms with E-state index in [1.165, 1.54) is 0 Å². The summed E-state index contributed by atoms with van der Waals surface area (Å²) < 4.78 is 7.44. The molecule has 4 aromatic rings. The first kappa shape index (κ1) is 20.6. The van der Waals surface area contributed by atoms with Crippen molar-refractivity contribution in [2.75, 3.05) is 6.61 Å². The van der Waals surface area contributed by atoms with Crippen molar-refractivity contribution in [1.82, 2.24) is 9.38 Å². The minimum Gasteiger partial charge on any atom is -0.478 e. The van der Waals surface area contributed by atoms with Crippen LogP contribution in [-0.4, -0.2) is 32.2 Å². The van der Waals surface area contributed by atoms with Gasteiger partial charge in [-0.1, -0.05) is 48.5 Å². The van der Waals surface area contributed by atoms with E-state index in [4.69, 9.17) is 4.74 Å². The molecule has 0 fully saturated rings. The van der Waals surface area contributed by atoms with Crippen molar-refractivity contribution in [3.8, 4) is 17.0 Å². The summed E-state index contributed by atoms with van der Waals surface area (Å²) in [5, 5.41) is 20.7. The third-order valence-corrected chi connectivity index (χ3v) is 5.38. The molecule has 2 aromatic carbocycles. The van der Waals surface area contributed by atoms with Gasteiger partial charge in [0.25, 0.3) is 0 Å². The first-order valence-corrected chi connectivity index (χ1v) is 10.1. The van der Waals surface area contributed by atoms with E-state index in [9.17, 15) is 15.0 Å². The molecule has 0 aliphatic carbocycles. The number of hydrogen-bond donors (Lipinski definition) is 2. The number of fused-ring (bicyclic) bond motifs is 1. The number of carboxylic acid groups (broad SMARTS) is 1. The van der Waals surface area contributed by atoms with E-state index in [0.29, 0.717) is 23.6 Å². The maximum Gasteiger partial charge on any atom is 0.336 e. The molecule has 0 saturated heterocycles.